The van der Waals surface area contributed by atoms with E-state index in [4.69, 9.17) is 26.8 Å². The summed E-state index contributed by atoms with van der Waals surface area (Å²) in [5, 5.41) is 9.05. The predicted octanol–water partition coefficient (Wildman–Crippen LogP) is 6.84. The van der Waals surface area contributed by atoms with Gasteiger partial charge in [-0.2, -0.15) is 13.2 Å². The van der Waals surface area contributed by atoms with Gasteiger partial charge in [0.2, 0.25) is 6.10 Å². The number of rotatable bonds is 10. The molecule has 0 aromatic heterocycles. The molecular weight excluding hydrogens is 563 g/mol. The Kier molecular flexibility index (Phi) is 9.16. The van der Waals surface area contributed by atoms with Crippen molar-refractivity contribution in [2.75, 3.05) is 13.2 Å². The van der Waals surface area contributed by atoms with E-state index in [1.807, 2.05) is 37.3 Å². The molecule has 0 bridgehead atoms. The molecule has 1 heterocycles. The minimum Gasteiger partial charge on any atom is -0.489 e. The Hall–Kier alpha value is -3.83. The van der Waals surface area contributed by atoms with Crippen LogP contribution in [-0.4, -0.2) is 45.5 Å². The average Bonchev–Trinajstić information content (AvgIpc) is 3.18. The van der Waals surface area contributed by atoms with Gasteiger partial charge in [-0.15, -0.1) is 0 Å². The first-order valence-electron chi connectivity index (χ1n) is 12.1. The highest BCUT2D eigenvalue weighted by molar-refractivity contribution is 8.26. The minimum absolute atomic E-state index is 0.0582. The molecule has 11 heteroatoms. The van der Waals surface area contributed by atoms with Crippen LogP contribution >= 0.6 is 24.0 Å². The summed E-state index contributed by atoms with van der Waals surface area (Å²) < 4.78 is 54.0. The maximum absolute atomic E-state index is 14.1. The molecule has 1 N–H and O–H groups in total. The second kappa shape index (κ2) is 12.6. The SMILES string of the molecule is CC(COc1ccc(C=C2SC(=S)N(CC(=O)O)C2=O)cc1O[C@@H](c1ccccc1)C(F)(F)F)c1ccccc1. The van der Waals surface area contributed by atoms with E-state index in [9.17, 15) is 22.8 Å². The van der Waals surface area contributed by atoms with Crippen LogP contribution in [0.3, 0.4) is 0 Å². The van der Waals surface area contributed by atoms with Gasteiger partial charge >= 0.3 is 12.1 Å². The lowest BCUT2D eigenvalue weighted by molar-refractivity contribution is -0.198. The standard InChI is InChI=1S/C29H24F3NO5S2/c1-18(20-8-4-2-5-9-20)17-37-22-13-12-19(15-24-27(36)33(16-25(34)35)28(39)40-24)14-23(22)38-26(29(30,31)32)21-10-6-3-7-11-21/h2-15,18,26H,16-17H2,1H3,(H,34,35)/t18?,26-/m0/s1. The van der Waals surface area contributed by atoms with Gasteiger partial charge in [-0.1, -0.05) is 97.6 Å². The molecule has 1 amide bonds. The third kappa shape index (κ3) is 7.22. The monoisotopic (exact) mass is 587 g/mol. The lowest BCUT2D eigenvalue weighted by atomic mass is 10.0. The average molecular weight is 588 g/mol. The Balaban J connectivity index is 1.67. The number of thiocarbonyl (C=S) groups is 1. The molecule has 1 aliphatic heterocycles. The molecule has 0 saturated carbocycles. The minimum atomic E-state index is -4.73. The van der Waals surface area contributed by atoms with Crippen molar-refractivity contribution in [2.45, 2.75) is 25.1 Å². The predicted molar refractivity (Wildman–Crippen MR) is 150 cm³/mol. The molecule has 3 aromatic rings. The number of ether oxygens (including phenoxy) is 2. The zero-order valence-electron chi connectivity index (χ0n) is 21.1. The van der Waals surface area contributed by atoms with Crippen molar-refractivity contribution in [3.05, 3.63) is 100 Å². The normalized spacial score (nSPS) is 16.2. The fourth-order valence-electron chi connectivity index (χ4n) is 3.92. The van der Waals surface area contributed by atoms with Crippen molar-refractivity contribution in [1.82, 2.24) is 4.90 Å². The third-order valence-corrected chi connectivity index (χ3v) is 7.31. The molecule has 6 nitrogen and oxygen atoms in total. The maximum atomic E-state index is 14.1. The molecular formula is C29H24F3NO5S2. The molecule has 2 atom stereocenters. The first kappa shape index (κ1) is 29.2. The number of carboxylic acid groups (broad SMARTS) is 1. The van der Waals surface area contributed by atoms with E-state index in [1.54, 1.807) is 12.1 Å². The van der Waals surface area contributed by atoms with Crippen LogP contribution in [0.25, 0.3) is 6.08 Å². The van der Waals surface area contributed by atoms with E-state index in [-0.39, 0.29) is 38.8 Å². The summed E-state index contributed by atoms with van der Waals surface area (Å²) in [6.07, 6.45) is -5.58. The summed E-state index contributed by atoms with van der Waals surface area (Å²) in [5.41, 5.74) is 1.27. The molecule has 4 rings (SSSR count). The largest absolute Gasteiger partial charge is 0.489 e. The lowest BCUT2D eigenvalue weighted by Crippen LogP contribution is -2.33. The van der Waals surface area contributed by atoms with Crippen molar-refractivity contribution in [2.24, 2.45) is 0 Å². The fourth-order valence-corrected chi connectivity index (χ4v) is 5.18. The summed E-state index contributed by atoms with van der Waals surface area (Å²) in [5.74, 6) is -1.95. The van der Waals surface area contributed by atoms with E-state index in [2.05, 4.69) is 0 Å². The summed E-state index contributed by atoms with van der Waals surface area (Å²) in [6, 6.07) is 21.2. The van der Waals surface area contributed by atoms with Crippen LogP contribution in [0.2, 0.25) is 0 Å². The van der Waals surface area contributed by atoms with E-state index >= 15 is 0 Å². The van der Waals surface area contributed by atoms with E-state index < -0.39 is 30.7 Å². The summed E-state index contributed by atoms with van der Waals surface area (Å²) in [6.45, 7) is 1.52. The van der Waals surface area contributed by atoms with Crippen LogP contribution in [0.4, 0.5) is 13.2 Å². The number of halogens is 3. The van der Waals surface area contributed by atoms with Gasteiger partial charge in [0, 0.05) is 11.5 Å². The molecule has 0 spiro atoms. The number of carbonyl (C=O) groups excluding carboxylic acids is 1. The Morgan fingerprint density at radius 2 is 1.65 bits per heavy atom. The Bertz CT molecular complexity index is 1410. The van der Waals surface area contributed by atoms with E-state index in [0.717, 1.165) is 22.2 Å². The second-order valence-corrected chi connectivity index (χ2v) is 10.6. The van der Waals surface area contributed by atoms with Gasteiger partial charge in [0.15, 0.2) is 11.5 Å². The van der Waals surface area contributed by atoms with Crippen molar-refractivity contribution in [1.29, 1.82) is 0 Å². The third-order valence-electron chi connectivity index (χ3n) is 5.93. The van der Waals surface area contributed by atoms with Gasteiger partial charge in [0.25, 0.3) is 5.91 Å². The molecule has 1 aliphatic rings. The zero-order valence-corrected chi connectivity index (χ0v) is 22.8. The summed E-state index contributed by atoms with van der Waals surface area (Å²) in [4.78, 5) is 24.9. The van der Waals surface area contributed by atoms with Gasteiger partial charge in [0.1, 0.15) is 10.9 Å². The highest BCUT2D eigenvalue weighted by atomic mass is 32.2. The summed E-state index contributed by atoms with van der Waals surface area (Å²) in [7, 11) is 0. The lowest BCUT2D eigenvalue weighted by Gasteiger charge is -2.24. The van der Waals surface area contributed by atoms with Gasteiger partial charge in [-0.25, -0.2) is 0 Å². The molecule has 1 fully saturated rings. The fraction of sp³-hybridized carbons (Fsp3) is 0.207. The molecule has 1 saturated heterocycles. The molecule has 1 unspecified atom stereocenters. The first-order valence-corrected chi connectivity index (χ1v) is 13.3. The molecule has 40 heavy (non-hydrogen) atoms. The number of hydrogen-bond donors (Lipinski definition) is 1. The highest BCUT2D eigenvalue weighted by Crippen LogP contribution is 2.41. The molecule has 0 radical (unpaired) electrons. The van der Waals surface area contributed by atoms with E-state index in [0.29, 0.717) is 5.56 Å². The quantitative estimate of drug-likeness (QED) is 0.206. The van der Waals surface area contributed by atoms with E-state index in [1.165, 1.54) is 42.5 Å². The van der Waals surface area contributed by atoms with Crippen LogP contribution in [0.15, 0.2) is 83.8 Å². The number of nitrogens with zero attached hydrogens (tertiary/aromatic N) is 1. The highest BCUT2D eigenvalue weighted by Gasteiger charge is 2.43. The van der Waals surface area contributed by atoms with Gasteiger partial charge in [0.05, 0.1) is 11.5 Å². The topological polar surface area (TPSA) is 76.1 Å². The number of alkyl halides is 3. The maximum Gasteiger partial charge on any atom is 0.429 e. The van der Waals surface area contributed by atoms with Gasteiger partial charge < -0.3 is 14.6 Å². The second-order valence-electron chi connectivity index (χ2n) is 8.94. The molecule has 0 aliphatic carbocycles. The molecule has 3 aromatic carbocycles. The number of thioether (sulfide) groups is 1. The van der Waals surface area contributed by atoms with Crippen LogP contribution in [0.5, 0.6) is 11.5 Å². The summed E-state index contributed by atoms with van der Waals surface area (Å²) >= 11 is 6.03. The van der Waals surface area contributed by atoms with Crippen LogP contribution in [0, 0.1) is 0 Å². The Morgan fingerprint density at radius 3 is 2.25 bits per heavy atom. The number of amides is 1. The van der Waals surface area contributed by atoms with Crippen molar-refractivity contribution >= 4 is 46.3 Å². The Morgan fingerprint density at radius 1 is 1.02 bits per heavy atom. The number of benzene rings is 3. The smallest absolute Gasteiger partial charge is 0.429 e. The van der Waals surface area contributed by atoms with Crippen LogP contribution in [0.1, 0.15) is 35.6 Å². The first-order chi connectivity index (χ1) is 19.0. The number of hydrogen-bond acceptors (Lipinski definition) is 6. The Labute approximate surface area is 238 Å². The van der Waals surface area contributed by atoms with Crippen molar-refractivity contribution in [3.63, 3.8) is 0 Å². The number of carbonyl (C=O) groups is 2. The van der Waals surface area contributed by atoms with Crippen molar-refractivity contribution < 1.29 is 37.3 Å². The van der Waals surface area contributed by atoms with Crippen LogP contribution < -0.4 is 9.47 Å². The van der Waals surface area contributed by atoms with Crippen LogP contribution in [-0.2, 0) is 9.59 Å². The number of aliphatic carboxylic acids is 1. The van der Waals surface area contributed by atoms with Gasteiger partial charge in [-0.05, 0) is 29.3 Å². The zero-order chi connectivity index (χ0) is 28.9. The van der Waals surface area contributed by atoms with Gasteiger partial charge in [-0.3, -0.25) is 14.5 Å². The molecule has 208 valence electrons. The number of carboxylic acids is 1. The van der Waals surface area contributed by atoms with Crippen molar-refractivity contribution in [3.8, 4) is 11.5 Å².